The van der Waals surface area contributed by atoms with Crippen LogP contribution in [0.3, 0.4) is 0 Å². The second-order valence-corrected chi connectivity index (χ2v) is 8.73. The molecule has 3 aromatic carbocycles. The number of nitrogens with zero attached hydrogens (tertiary/aromatic N) is 2. The highest BCUT2D eigenvalue weighted by Crippen LogP contribution is 2.37. The molecule has 6 nitrogen and oxygen atoms in total. The van der Waals surface area contributed by atoms with Gasteiger partial charge in [-0.2, -0.15) is 0 Å². The summed E-state index contributed by atoms with van der Waals surface area (Å²) in [6.45, 7) is 4.91. The molecular formula is C28H25ClF2N2O4. The van der Waals surface area contributed by atoms with E-state index in [2.05, 4.69) is 17.0 Å². The average molecular weight is 527 g/mol. The number of rotatable bonds is 8. The van der Waals surface area contributed by atoms with Crippen molar-refractivity contribution in [3.05, 3.63) is 89.5 Å². The Morgan fingerprint density at radius 1 is 1.05 bits per heavy atom. The SMILES string of the molecule is CCCN1CC(Oc2ccc(C(=O)c3c(-c4c(F)cccc4F)noc3-c3ccc(O)cc3)cc2)C1.Cl. The van der Waals surface area contributed by atoms with Crippen LogP contribution in [-0.2, 0) is 0 Å². The summed E-state index contributed by atoms with van der Waals surface area (Å²) in [5, 5.41) is 13.5. The van der Waals surface area contributed by atoms with Gasteiger partial charge in [0.15, 0.2) is 11.5 Å². The van der Waals surface area contributed by atoms with Crippen LogP contribution in [0, 0.1) is 11.6 Å². The highest BCUT2D eigenvalue weighted by Gasteiger charge is 2.30. The Balaban J connectivity index is 0.00000320. The summed E-state index contributed by atoms with van der Waals surface area (Å²) in [5.74, 6) is -1.54. The first kappa shape index (κ1) is 26.3. The van der Waals surface area contributed by atoms with Gasteiger partial charge in [-0.3, -0.25) is 9.69 Å². The molecule has 5 rings (SSSR count). The molecule has 1 N–H and O–H groups in total. The van der Waals surface area contributed by atoms with E-state index in [-0.39, 0.29) is 46.8 Å². The van der Waals surface area contributed by atoms with Gasteiger partial charge in [0.2, 0.25) is 0 Å². The van der Waals surface area contributed by atoms with Crippen molar-refractivity contribution >= 4 is 18.2 Å². The number of carbonyl (C=O) groups excluding carboxylic acids is 1. The van der Waals surface area contributed by atoms with Gasteiger partial charge in [0, 0.05) is 24.2 Å². The lowest BCUT2D eigenvalue weighted by Crippen LogP contribution is -2.53. The fraction of sp³-hybridized carbons (Fsp3) is 0.214. The number of halogens is 3. The van der Waals surface area contributed by atoms with Crippen molar-refractivity contribution in [3.63, 3.8) is 0 Å². The van der Waals surface area contributed by atoms with Gasteiger partial charge in [-0.1, -0.05) is 18.1 Å². The van der Waals surface area contributed by atoms with E-state index in [4.69, 9.17) is 9.26 Å². The summed E-state index contributed by atoms with van der Waals surface area (Å²) in [6.07, 6.45) is 1.20. The van der Waals surface area contributed by atoms with E-state index in [1.54, 1.807) is 24.3 Å². The first-order valence-corrected chi connectivity index (χ1v) is 11.7. The fourth-order valence-electron chi connectivity index (χ4n) is 4.32. The van der Waals surface area contributed by atoms with Gasteiger partial charge in [-0.15, -0.1) is 12.4 Å². The maximum Gasteiger partial charge on any atom is 0.199 e. The first-order valence-electron chi connectivity index (χ1n) is 11.7. The summed E-state index contributed by atoms with van der Waals surface area (Å²) in [7, 11) is 0. The molecule has 0 atom stereocenters. The Bertz CT molecular complexity index is 1360. The van der Waals surface area contributed by atoms with Gasteiger partial charge < -0.3 is 14.4 Å². The van der Waals surface area contributed by atoms with E-state index in [0.717, 1.165) is 38.2 Å². The highest BCUT2D eigenvalue weighted by molar-refractivity contribution is 6.15. The van der Waals surface area contributed by atoms with Crippen LogP contribution in [0.1, 0.15) is 29.3 Å². The zero-order chi connectivity index (χ0) is 25.2. The highest BCUT2D eigenvalue weighted by atomic mass is 35.5. The van der Waals surface area contributed by atoms with Crippen LogP contribution in [0.15, 0.2) is 71.3 Å². The molecule has 0 spiro atoms. The number of aromatic nitrogens is 1. The van der Waals surface area contributed by atoms with Gasteiger partial charge >= 0.3 is 0 Å². The van der Waals surface area contributed by atoms with Crippen molar-refractivity contribution in [3.8, 4) is 34.1 Å². The molecule has 1 fully saturated rings. The van der Waals surface area contributed by atoms with Crippen LogP contribution >= 0.6 is 12.4 Å². The van der Waals surface area contributed by atoms with Crippen molar-refractivity contribution in [1.82, 2.24) is 10.1 Å². The van der Waals surface area contributed by atoms with Crippen LogP contribution in [0.4, 0.5) is 8.78 Å². The molecule has 0 radical (unpaired) electrons. The Labute approximate surface area is 218 Å². The zero-order valence-corrected chi connectivity index (χ0v) is 20.8. The first-order chi connectivity index (χ1) is 17.4. The Morgan fingerprint density at radius 2 is 1.70 bits per heavy atom. The third kappa shape index (κ3) is 5.35. The molecule has 1 aliphatic heterocycles. The number of benzene rings is 3. The Kier molecular flexibility index (Phi) is 7.90. The normalized spacial score (nSPS) is 13.6. The summed E-state index contributed by atoms with van der Waals surface area (Å²) < 4.78 is 40.7. The summed E-state index contributed by atoms with van der Waals surface area (Å²) in [4.78, 5) is 16.0. The van der Waals surface area contributed by atoms with Crippen molar-refractivity contribution in [2.75, 3.05) is 19.6 Å². The van der Waals surface area contributed by atoms with E-state index in [0.29, 0.717) is 11.3 Å². The molecule has 0 bridgehead atoms. The van der Waals surface area contributed by atoms with Gasteiger partial charge in [-0.05, 0) is 73.6 Å². The summed E-state index contributed by atoms with van der Waals surface area (Å²) in [5.41, 5.74) is -0.0498. The number of hydrogen-bond donors (Lipinski definition) is 1. The fourth-order valence-corrected chi connectivity index (χ4v) is 4.32. The second kappa shape index (κ2) is 11.1. The van der Waals surface area contributed by atoms with Crippen molar-refractivity contribution in [2.24, 2.45) is 0 Å². The van der Waals surface area contributed by atoms with E-state index >= 15 is 0 Å². The van der Waals surface area contributed by atoms with Crippen LogP contribution in [0.2, 0.25) is 0 Å². The van der Waals surface area contributed by atoms with E-state index in [9.17, 15) is 18.7 Å². The standard InChI is InChI=1S/C28H24F2N2O4.ClH/c1-2-14-32-15-21(16-32)35-20-12-8-17(9-13-20)27(34)25-26(24-22(29)4-3-5-23(24)30)31-36-28(25)18-6-10-19(33)11-7-18;/h3-13,21,33H,2,14-16H2,1H3;1H. The lowest BCUT2D eigenvalue weighted by Gasteiger charge is -2.38. The van der Waals surface area contributed by atoms with Gasteiger partial charge in [-0.25, -0.2) is 8.78 Å². The molecule has 0 saturated carbocycles. The third-order valence-electron chi connectivity index (χ3n) is 6.13. The molecule has 4 aromatic rings. The van der Waals surface area contributed by atoms with E-state index in [1.807, 2.05) is 0 Å². The maximum atomic E-state index is 14.7. The molecule has 37 heavy (non-hydrogen) atoms. The average Bonchev–Trinajstić information content (AvgIpc) is 3.27. The number of phenolic OH excluding ortho intramolecular Hbond substituents is 1. The number of ketones is 1. The zero-order valence-electron chi connectivity index (χ0n) is 20.0. The van der Waals surface area contributed by atoms with Crippen LogP contribution < -0.4 is 4.74 Å². The number of likely N-dealkylation sites (tertiary alicyclic amines) is 1. The molecule has 2 heterocycles. The number of ether oxygens (including phenoxy) is 1. The van der Waals surface area contributed by atoms with Gasteiger partial charge in [0.25, 0.3) is 0 Å². The topological polar surface area (TPSA) is 75.8 Å². The minimum absolute atomic E-state index is 0. The van der Waals surface area contributed by atoms with Crippen molar-refractivity contribution < 1.29 is 27.9 Å². The number of aromatic hydroxyl groups is 1. The molecular weight excluding hydrogens is 502 g/mol. The lowest BCUT2D eigenvalue weighted by molar-refractivity contribution is 0.0202. The minimum Gasteiger partial charge on any atom is -0.508 e. The molecule has 1 aliphatic rings. The molecule has 192 valence electrons. The molecule has 0 amide bonds. The van der Waals surface area contributed by atoms with Crippen LogP contribution in [0.5, 0.6) is 11.5 Å². The minimum atomic E-state index is -0.865. The Morgan fingerprint density at radius 3 is 2.32 bits per heavy atom. The molecule has 0 unspecified atom stereocenters. The number of carbonyl (C=O) groups is 1. The predicted molar refractivity (Wildman–Crippen MR) is 137 cm³/mol. The van der Waals surface area contributed by atoms with Crippen LogP contribution in [-0.4, -0.2) is 46.7 Å². The lowest BCUT2D eigenvalue weighted by atomic mass is 9.95. The summed E-state index contributed by atoms with van der Waals surface area (Å²) >= 11 is 0. The smallest absolute Gasteiger partial charge is 0.199 e. The third-order valence-corrected chi connectivity index (χ3v) is 6.13. The van der Waals surface area contributed by atoms with E-state index < -0.39 is 23.0 Å². The summed E-state index contributed by atoms with van der Waals surface area (Å²) in [6, 6.07) is 15.9. The van der Waals surface area contributed by atoms with Gasteiger partial charge in [0.1, 0.15) is 34.9 Å². The van der Waals surface area contributed by atoms with Gasteiger partial charge in [0.05, 0.1) is 11.1 Å². The monoisotopic (exact) mass is 526 g/mol. The number of phenols is 1. The maximum absolute atomic E-state index is 14.7. The number of hydrogen-bond acceptors (Lipinski definition) is 6. The van der Waals surface area contributed by atoms with Crippen LogP contribution in [0.25, 0.3) is 22.6 Å². The Hall–Kier alpha value is -3.75. The predicted octanol–water partition coefficient (Wildman–Crippen LogP) is 6.12. The van der Waals surface area contributed by atoms with E-state index in [1.165, 1.54) is 30.3 Å². The molecule has 9 heteroatoms. The molecule has 1 aromatic heterocycles. The van der Waals surface area contributed by atoms with Crippen molar-refractivity contribution in [2.45, 2.75) is 19.4 Å². The quantitative estimate of drug-likeness (QED) is 0.279. The van der Waals surface area contributed by atoms with Crippen molar-refractivity contribution in [1.29, 1.82) is 0 Å². The molecule has 1 saturated heterocycles. The largest absolute Gasteiger partial charge is 0.508 e. The second-order valence-electron chi connectivity index (χ2n) is 8.73. The molecule has 0 aliphatic carbocycles.